The van der Waals surface area contributed by atoms with E-state index >= 15 is 0 Å². The molecule has 0 unspecified atom stereocenters. The Hall–Kier alpha value is -3.85. The molecule has 0 amide bonds. The SMILES string of the molecule is [C-]#[N+]c1c(-c2ccc(-c3ccc(C(=O)OC)cc3)cc2)c(C(=O)OCC)n(C)c1CC. The molecule has 0 saturated heterocycles. The summed E-state index contributed by atoms with van der Waals surface area (Å²) >= 11 is 0. The maximum atomic E-state index is 12.7. The zero-order valence-electron chi connectivity index (χ0n) is 18.1. The van der Waals surface area contributed by atoms with Crippen molar-refractivity contribution < 1.29 is 19.1 Å². The summed E-state index contributed by atoms with van der Waals surface area (Å²) in [5.41, 5.74) is 5.42. The first-order valence-electron chi connectivity index (χ1n) is 10.0. The van der Waals surface area contributed by atoms with E-state index in [1.165, 1.54) is 7.11 Å². The van der Waals surface area contributed by atoms with E-state index in [1.807, 2.05) is 43.3 Å². The lowest BCUT2D eigenvalue weighted by Gasteiger charge is -2.10. The summed E-state index contributed by atoms with van der Waals surface area (Å²) in [6.07, 6.45) is 0.630. The number of aromatic nitrogens is 1. The second-order valence-electron chi connectivity index (χ2n) is 6.91. The van der Waals surface area contributed by atoms with Crippen LogP contribution in [0.2, 0.25) is 0 Å². The molecule has 1 heterocycles. The van der Waals surface area contributed by atoms with E-state index in [9.17, 15) is 9.59 Å². The average molecular weight is 416 g/mol. The molecule has 0 spiro atoms. The smallest absolute Gasteiger partial charge is 0.354 e. The van der Waals surface area contributed by atoms with Gasteiger partial charge in [0.1, 0.15) is 5.69 Å². The van der Waals surface area contributed by atoms with Gasteiger partial charge >= 0.3 is 11.9 Å². The zero-order chi connectivity index (χ0) is 22.5. The first-order chi connectivity index (χ1) is 15.0. The maximum absolute atomic E-state index is 12.7. The topological polar surface area (TPSA) is 61.9 Å². The first-order valence-corrected chi connectivity index (χ1v) is 10.0. The lowest BCUT2D eigenvalue weighted by atomic mass is 9.98. The third-order valence-corrected chi connectivity index (χ3v) is 5.22. The van der Waals surface area contributed by atoms with Gasteiger partial charge in [-0.05, 0) is 42.2 Å². The van der Waals surface area contributed by atoms with Crippen LogP contribution >= 0.6 is 0 Å². The number of ether oxygens (including phenoxy) is 2. The number of nitrogens with zero attached hydrogens (tertiary/aromatic N) is 2. The molecule has 6 nitrogen and oxygen atoms in total. The highest BCUT2D eigenvalue weighted by molar-refractivity contribution is 6.01. The number of carbonyl (C=O) groups excluding carboxylic acids is 2. The van der Waals surface area contributed by atoms with Gasteiger partial charge in [0.25, 0.3) is 0 Å². The van der Waals surface area contributed by atoms with E-state index in [4.69, 9.17) is 16.0 Å². The highest BCUT2D eigenvalue weighted by Gasteiger charge is 2.26. The van der Waals surface area contributed by atoms with Crippen molar-refractivity contribution in [1.82, 2.24) is 4.57 Å². The summed E-state index contributed by atoms with van der Waals surface area (Å²) in [6, 6.07) is 14.8. The Bertz CT molecular complexity index is 1150. The minimum Gasteiger partial charge on any atom is -0.465 e. The molecule has 158 valence electrons. The lowest BCUT2D eigenvalue weighted by Crippen LogP contribution is -2.12. The number of rotatable bonds is 6. The molecular weight excluding hydrogens is 392 g/mol. The van der Waals surface area contributed by atoms with Gasteiger partial charge in [0, 0.05) is 18.3 Å². The summed E-state index contributed by atoms with van der Waals surface area (Å²) in [7, 11) is 3.14. The molecular formula is C25H24N2O4. The van der Waals surface area contributed by atoms with Gasteiger partial charge in [-0.15, -0.1) is 0 Å². The summed E-state index contributed by atoms with van der Waals surface area (Å²) in [4.78, 5) is 28.0. The van der Waals surface area contributed by atoms with Crippen LogP contribution in [-0.4, -0.2) is 30.2 Å². The maximum Gasteiger partial charge on any atom is 0.354 e. The van der Waals surface area contributed by atoms with Crippen molar-refractivity contribution in [3.63, 3.8) is 0 Å². The van der Waals surface area contributed by atoms with E-state index in [1.54, 1.807) is 30.7 Å². The van der Waals surface area contributed by atoms with Gasteiger partial charge in [0.15, 0.2) is 0 Å². The number of benzene rings is 2. The van der Waals surface area contributed by atoms with Crippen molar-refractivity contribution in [2.45, 2.75) is 20.3 Å². The van der Waals surface area contributed by atoms with E-state index in [2.05, 4.69) is 4.85 Å². The fourth-order valence-electron chi connectivity index (χ4n) is 3.70. The fraction of sp³-hybridized carbons (Fsp3) is 0.240. The van der Waals surface area contributed by atoms with Crippen molar-refractivity contribution in [2.24, 2.45) is 7.05 Å². The van der Waals surface area contributed by atoms with Crippen LogP contribution in [0.4, 0.5) is 5.69 Å². The van der Waals surface area contributed by atoms with Crippen molar-refractivity contribution in [3.8, 4) is 22.3 Å². The molecule has 0 bridgehead atoms. The van der Waals surface area contributed by atoms with E-state index < -0.39 is 5.97 Å². The van der Waals surface area contributed by atoms with Crippen LogP contribution in [-0.2, 0) is 22.9 Å². The Morgan fingerprint density at radius 3 is 1.97 bits per heavy atom. The molecule has 0 aliphatic carbocycles. The number of hydrogen-bond acceptors (Lipinski definition) is 4. The van der Waals surface area contributed by atoms with Crippen LogP contribution in [0, 0.1) is 6.57 Å². The van der Waals surface area contributed by atoms with Crippen LogP contribution in [0.5, 0.6) is 0 Å². The molecule has 0 N–H and O–H groups in total. The predicted molar refractivity (Wildman–Crippen MR) is 119 cm³/mol. The second kappa shape index (κ2) is 9.31. The third-order valence-electron chi connectivity index (χ3n) is 5.22. The monoisotopic (exact) mass is 416 g/mol. The molecule has 1 aromatic heterocycles. The van der Waals surface area contributed by atoms with Crippen LogP contribution in [0.3, 0.4) is 0 Å². The van der Waals surface area contributed by atoms with Crippen LogP contribution in [0.25, 0.3) is 27.1 Å². The Morgan fingerprint density at radius 2 is 1.48 bits per heavy atom. The highest BCUT2D eigenvalue weighted by Crippen LogP contribution is 2.40. The summed E-state index contributed by atoms with van der Waals surface area (Å²) in [5.74, 6) is -0.817. The van der Waals surface area contributed by atoms with Crippen LogP contribution in [0.1, 0.15) is 40.4 Å². The van der Waals surface area contributed by atoms with Crippen LogP contribution in [0.15, 0.2) is 48.5 Å². The molecule has 0 aliphatic rings. The normalized spacial score (nSPS) is 10.4. The van der Waals surface area contributed by atoms with E-state index in [0.29, 0.717) is 28.9 Å². The van der Waals surface area contributed by atoms with E-state index in [-0.39, 0.29) is 12.6 Å². The standard InChI is InChI=1S/C25H24N2O4/c1-6-20-22(26-3)21(23(27(20)4)25(29)31-7-2)18-12-8-16(9-13-18)17-10-14-19(15-11-17)24(28)30-5/h8-15H,6-7H2,1-2,4-5H3. The third kappa shape index (κ3) is 4.08. The van der Waals surface area contributed by atoms with Crippen molar-refractivity contribution in [1.29, 1.82) is 0 Å². The Balaban J connectivity index is 2.05. The minimum atomic E-state index is -0.438. The molecule has 0 aliphatic heterocycles. The van der Waals surface area contributed by atoms with Gasteiger partial charge in [-0.3, -0.25) is 0 Å². The molecule has 3 rings (SSSR count). The number of esters is 2. The quantitative estimate of drug-likeness (QED) is 0.397. The minimum absolute atomic E-state index is 0.263. The Labute approximate surface area is 181 Å². The van der Waals surface area contributed by atoms with Crippen molar-refractivity contribution in [3.05, 3.63) is 76.9 Å². The van der Waals surface area contributed by atoms with Gasteiger partial charge in [-0.1, -0.05) is 43.3 Å². The lowest BCUT2D eigenvalue weighted by molar-refractivity contribution is 0.0515. The van der Waals surface area contributed by atoms with Gasteiger partial charge in [-0.25, -0.2) is 14.4 Å². The highest BCUT2D eigenvalue weighted by atomic mass is 16.5. The molecule has 31 heavy (non-hydrogen) atoms. The summed E-state index contributed by atoms with van der Waals surface area (Å²) in [5, 5.41) is 0. The summed E-state index contributed by atoms with van der Waals surface area (Å²) in [6.45, 7) is 11.7. The fourth-order valence-corrected chi connectivity index (χ4v) is 3.70. The largest absolute Gasteiger partial charge is 0.465 e. The Kier molecular flexibility index (Phi) is 6.56. The molecule has 0 atom stereocenters. The number of methoxy groups -OCH3 is 1. The van der Waals surface area contributed by atoms with Crippen molar-refractivity contribution in [2.75, 3.05) is 13.7 Å². The molecule has 6 heteroatoms. The second-order valence-corrected chi connectivity index (χ2v) is 6.91. The van der Waals surface area contributed by atoms with Crippen LogP contribution < -0.4 is 0 Å². The van der Waals surface area contributed by atoms with Crippen molar-refractivity contribution >= 4 is 17.6 Å². The number of carbonyl (C=O) groups is 2. The van der Waals surface area contributed by atoms with Gasteiger partial charge in [0.2, 0.25) is 5.69 Å². The predicted octanol–water partition coefficient (Wildman–Crippen LogP) is 5.44. The van der Waals surface area contributed by atoms with Gasteiger partial charge in [0.05, 0.1) is 25.9 Å². The molecule has 0 fully saturated rings. The molecule has 3 aromatic rings. The first kappa shape index (κ1) is 21.8. The van der Waals surface area contributed by atoms with E-state index in [0.717, 1.165) is 22.4 Å². The summed E-state index contributed by atoms with van der Waals surface area (Å²) < 4.78 is 11.8. The molecule has 0 radical (unpaired) electrons. The van der Waals surface area contributed by atoms with Gasteiger partial charge < -0.3 is 14.0 Å². The zero-order valence-corrected chi connectivity index (χ0v) is 18.1. The Morgan fingerprint density at radius 1 is 0.935 bits per heavy atom. The average Bonchev–Trinajstić information content (AvgIpc) is 3.10. The molecule has 0 saturated carbocycles. The molecule has 2 aromatic carbocycles. The number of hydrogen-bond donors (Lipinski definition) is 0. The van der Waals surface area contributed by atoms with Gasteiger partial charge in [-0.2, -0.15) is 0 Å².